The summed E-state index contributed by atoms with van der Waals surface area (Å²) in [4.78, 5) is 10.4. The number of aromatic hydroxyl groups is 1. The third-order valence-electron chi connectivity index (χ3n) is 7.23. The average molecular weight is 797 g/mol. The number of phenols is 1. The number of halogens is 1. The van der Waals surface area contributed by atoms with Crippen molar-refractivity contribution in [2.45, 2.75) is 21.6 Å². The van der Waals surface area contributed by atoms with Crippen LogP contribution in [0.1, 0.15) is 6.92 Å². The number of sulfonamides is 1. The molecule has 0 aliphatic carbocycles. The number of carbonyl (C=O) groups excluding carboxylic acids is 1. The van der Waals surface area contributed by atoms with Crippen LogP contribution in [0.15, 0.2) is 122 Å². The molecule has 1 radical (unpaired) electrons. The van der Waals surface area contributed by atoms with E-state index < -0.39 is 46.8 Å². The number of hydrogen-bond donors (Lipinski definition) is 4. The minimum absolute atomic E-state index is 0. The number of benzene rings is 5. The van der Waals surface area contributed by atoms with Crippen LogP contribution < -0.4 is 19.5 Å². The van der Waals surface area contributed by atoms with E-state index in [1.165, 1.54) is 78.9 Å². The molecular formula is C32H28ClN5NaO10S3. The Hall–Kier alpha value is -4.27. The Morgan fingerprint density at radius 3 is 2.15 bits per heavy atom. The van der Waals surface area contributed by atoms with Gasteiger partial charge in [-0.3, -0.25) is 13.7 Å². The summed E-state index contributed by atoms with van der Waals surface area (Å²) < 4.78 is 92.4. The smallest absolute Gasteiger partial charge is 0.341 e. The fourth-order valence-corrected chi connectivity index (χ4v) is 8.03. The molecule has 20 heteroatoms. The summed E-state index contributed by atoms with van der Waals surface area (Å²) in [6.45, 7) is 1.48. The van der Waals surface area contributed by atoms with E-state index in [1.807, 2.05) is 0 Å². The van der Waals surface area contributed by atoms with Gasteiger partial charge in [-0.15, -0.1) is 21.8 Å². The van der Waals surface area contributed by atoms with Crippen molar-refractivity contribution >= 4 is 117 Å². The summed E-state index contributed by atoms with van der Waals surface area (Å²) in [5, 5.41) is 22.1. The third-order valence-corrected chi connectivity index (χ3v) is 11.5. The third kappa shape index (κ3) is 8.84. The summed E-state index contributed by atoms with van der Waals surface area (Å²) in [6.07, 6.45) is 0. The predicted octanol–water partition coefficient (Wildman–Crippen LogP) is 5.57. The van der Waals surface area contributed by atoms with Crippen molar-refractivity contribution in [1.29, 1.82) is 0 Å². The first-order chi connectivity index (χ1) is 24.0. The van der Waals surface area contributed by atoms with Crippen molar-refractivity contribution in [2.75, 3.05) is 27.8 Å². The van der Waals surface area contributed by atoms with E-state index >= 15 is 0 Å². The number of phenolic OH excluding ortho intramolecular Hbond substituents is 1. The van der Waals surface area contributed by atoms with E-state index in [0.717, 1.165) is 22.5 Å². The first kappa shape index (κ1) is 40.5. The van der Waals surface area contributed by atoms with Crippen LogP contribution in [0.3, 0.4) is 0 Å². The van der Waals surface area contributed by atoms with Gasteiger partial charge in [0, 0.05) is 47.9 Å². The van der Waals surface area contributed by atoms with Crippen LogP contribution in [0.25, 0.3) is 10.8 Å². The standard InChI is InChI=1S/C32H28ClN5O10S3.Na/c1-2-38(22-10-14-24(15-11-22)50(43,44)45)49(41,42)25-17-20-7-16-26(34)32(31(20)28(39)18-25)37-36-27-5-3-4-6-29(27)51(46,47)48-23-12-8-21(9-13-23)35-30(40)19-33;/h3-18,39H,2,19,34H2,1H3,(H,35,40)(H,43,44,45);. The number of nitrogens with zero attached hydrogens (tertiary/aromatic N) is 3. The molecule has 0 aromatic heterocycles. The normalized spacial score (nSPS) is 12.0. The van der Waals surface area contributed by atoms with Gasteiger partial charge in [-0.05, 0) is 85.1 Å². The molecule has 5 rings (SSSR count). The molecule has 52 heavy (non-hydrogen) atoms. The number of fused-ring (bicyclic) bond motifs is 1. The van der Waals surface area contributed by atoms with Gasteiger partial charge in [0.1, 0.15) is 33.6 Å². The van der Waals surface area contributed by atoms with Crippen molar-refractivity contribution in [3.8, 4) is 11.5 Å². The molecule has 0 aliphatic rings. The van der Waals surface area contributed by atoms with Crippen LogP contribution in [-0.2, 0) is 35.1 Å². The van der Waals surface area contributed by atoms with Gasteiger partial charge in [-0.2, -0.15) is 16.8 Å². The molecule has 0 saturated heterocycles. The number of azo groups is 1. The number of amides is 1. The van der Waals surface area contributed by atoms with Crippen LogP contribution in [0, 0.1) is 0 Å². The van der Waals surface area contributed by atoms with Crippen LogP contribution in [0.4, 0.5) is 28.4 Å². The second-order valence-corrected chi connectivity index (χ2v) is 15.7. The number of alkyl halides is 1. The summed E-state index contributed by atoms with van der Waals surface area (Å²) in [5.74, 6) is -1.30. The maximum Gasteiger partial charge on any atom is 0.341 e. The molecule has 0 saturated carbocycles. The Morgan fingerprint density at radius 1 is 0.885 bits per heavy atom. The molecule has 0 aliphatic heterocycles. The van der Waals surface area contributed by atoms with E-state index in [4.69, 9.17) is 21.5 Å². The first-order valence-electron chi connectivity index (χ1n) is 14.6. The second kappa shape index (κ2) is 16.2. The van der Waals surface area contributed by atoms with Crippen molar-refractivity contribution in [3.05, 3.63) is 97.1 Å². The summed E-state index contributed by atoms with van der Waals surface area (Å²) >= 11 is 5.49. The Labute approximate surface area is 326 Å². The largest absolute Gasteiger partial charge is 0.507 e. The minimum atomic E-state index is -4.51. The molecule has 0 atom stereocenters. The monoisotopic (exact) mass is 796 g/mol. The van der Waals surface area contributed by atoms with Gasteiger partial charge < -0.3 is 20.3 Å². The Bertz CT molecular complexity index is 2500. The van der Waals surface area contributed by atoms with Crippen molar-refractivity contribution < 1.29 is 43.9 Å². The van der Waals surface area contributed by atoms with Crippen LogP contribution in [-0.4, -0.2) is 82.8 Å². The predicted molar refractivity (Wildman–Crippen MR) is 196 cm³/mol. The van der Waals surface area contributed by atoms with Gasteiger partial charge in [0.15, 0.2) is 0 Å². The number of nitrogens with two attached hydrogens (primary N) is 1. The molecular weight excluding hydrogens is 769 g/mol. The van der Waals surface area contributed by atoms with Crippen LogP contribution >= 0.6 is 11.6 Å². The number of rotatable bonds is 12. The second-order valence-electron chi connectivity index (χ2n) is 10.6. The van der Waals surface area contributed by atoms with Crippen molar-refractivity contribution in [2.24, 2.45) is 10.2 Å². The number of nitrogen functional groups attached to an aromatic ring is 1. The topological polar surface area (TPSA) is 235 Å². The molecule has 1 amide bonds. The average Bonchev–Trinajstić information content (AvgIpc) is 3.08. The summed E-state index contributed by atoms with van der Waals surface area (Å²) in [5.41, 5.74) is 6.46. The van der Waals surface area contributed by atoms with E-state index in [-0.39, 0.29) is 91.0 Å². The maximum absolute atomic E-state index is 13.7. The number of nitrogens with one attached hydrogen (secondary N) is 1. The zero-order chi connectivity index (χ0) is 37.1. The molecule has 267 valence electrons. The van der Waals surface area contributed by atoms with Crippen LogP contribution in [0.2, 0.25) is 0 Å². The molecule has 0 heterocycles. The van der Waals surface area contributed by atoms with Gasteiger partial charge >= 0.3 is 10.1 Å². The Kier molecular flexibility index (Phi) is 12.6. The van der Waals surface area contributed by atoms with Crippen LogP contribution in [0.5, 0.6) is 11.5 Å². The fourth-order valence-electron chi connectivity index (χ4n) is 4.89. The van der Waals surface area contributed by atoms with Crippen molar-refractivity contribution in [3.63, 3.8) is 0 Å². The quantitative estimate of drug-likeness (QED) is 0.0304. The van der Waals surface area contributed by atoms with Gasteiger partial charge in [0.05, 0.1) is 26.6 Å². The number of anilines is 3. The number of carbonyl (C=O) groups is 1. The van der Waals surface area contributed by atoms with Gasteiger partial charge in [-0.1, -0.05) is 18.2 Å². The van der Waals surface area contributed by atoms with Gasteiger partial charge in [0.25, 0.3) is 20.1 Å². The van der Waals surface area contributed by atoms with Gasteiger partial charge in [-0.25, -0.2) is 8.42 Å². The minimum Gasteiger partial charge on any atom is -0.507 e. The van der Waals surface area contributed by atoms with Gasteiger partial charge in [0.2, 0.25) is 5.91 Å². The van der Waals surface area contributed by atoms with E-state index in [9.17, 15) is 39.7 Å². The molecule has 15 nitrogen and oxygen atoms in total. The molecule has 0 spiro atoms. The van der Waals surface area contributed by atoms with E-state index in [0.29, 0.717) is 5.69 Å². The summed E-state index contributed by atoms with van der Waals surface area (Å²) in [7, 11) is -13.3. The fraction of sp³-hybridized carbons (Fsp3) is 0.0938. The zero-order valence-electron chi connectivity index (χ0n) is 27.3. The molecule has 0 fully saturated rings. The Balaban J connectivity index is 0.00000605. The van der Waals surface area contributed by atoms with Crippen molar-refractivity contribution in [1.82, 2.24) is 0 Å². The number of hydrogen-bond acceptors (Lipinski definition) is 12. The molecule has 0 bridgehead atoms. The molecule has 5 N–H and O–H groups in total. The zero-order valence-corrected chi connectivity index (χ0v) is 32.5. The molecule has 0 unspecified atom stereocenters. The first-order valence-corrected chi connectivity index (χ1v) is 19.4. The Morgan fingerprint density at radius 2 is 1.54 bits per heavy atom. The summed E-state index contributed by atoms with van der Waals surface area (Å²) in [6, 6.07) is 20.8. The van der Waals surface area contributed by atoms with E-state index in [1.54, 1.807) is 6.92 Å². The molecule has 5 aromatic carbocycles. The van der Waals surface area contributed by atoms with E-state index in [2.05, 4.69) is 15.5 Å². The SMILES string of the molecule is CCN(c1ccc(S(=O)(=O)O)cc1)S(=O)(=O)c1cc(O)c2c(N=Nc3ccccc3S(=O)(=O)Oc3ccc(NC(=O)CCl)cc3)c(N)ccc2c1.[Na]. The molecule has 5 aromatic rings. The maximum atomic E-state index is 13.7.